The summed E-state index contributed by atoms with van der Waals surface area (Å²) in [5.41, 5.74) is 0. The molecule has 1 N–H and O–H groups in total. The molecule has 12 heavy (non-hydrogen) atoms. The zero-order chi connectivity index (χ0) is 8.65. The maximum absolute atomic E-state index is 4.13. The first kappa shape index (κ1) is 9.86. The van der Waals surface area contributed by atoms with Crippen molar-refractivity contribution in [2.75, 3.05) is 23.4 Å². The Labute approximate surface area is 81.8 Å². The Morgan fingerprint density at radius 1 is 1.67 bits per heavy atom. The van der Waals surface area contributed by atoms with Crippen LogP contribution in [0.5, 0.6) is 0 Å². The normalized spacial score (nSPS) is 10.1. The maximum atomic E-state index is 4.13. The Morgan fingerprint density at radius 2 is 2.58 bits per heavy atom. The van der Waals surface area contributed by atoms with Crippen molar-refractivity contribution in [1.82, 2.24) is 4.98 Å². The standard InChI is InChI=1S/C8H14N2S2/c1-2-11-6-3-4-9-8-10-5-7-12-8/h5,7H,2-4,6H2,1H3,(H,9,10). The molecule has 0 aliphatic heterocycles. The molecule has 0 aromatic carbocycles. The zero-order valence-electron chi connectivity index (χ0n) is 7.25. The van der Waals surface area contributed by atoms with Gasteiger partial charge in [-0.15, -0.1) is 11.3 Å². The quantitative estimate of drug-likeness (QED) is 0.718. The number of hydrogen-bond donors (Lipinski definition) is 1. The third kappa shape index (κ3) is 3.97. The van der Waals surface area contributed by atoms with Crippen LogP contribution in [0.4, 0.5) is 5.13 Å². The van der Waals surface area contributed by atoms with Crippen LogP contribution in [0.1, 0.15) is 13.3 Å². The second-order valence-corrected chi connectivity index (χ2v) is 4.60. The van der Waals surface area contributed by atoms with E-state index in [4.69, 9.17) is 0 Å². The van der Waals surface area contributed by atoms with Crippen molar-refractivity contribution in [3.8, 4) is 0 Å². The van der Waals surface area contributed by atoms with Gasteiger partial charge < -0.3 is 5.32 Å². The molecule has 0 fully saturated rings. The SMILES string of the molecule is CCSCCCNc1nccs1. The fraction of sp³-hybridized carbons (Fsp3) is 0.625. The molecule has 0 amide bonds. The number of anilines is 1. The fourth-order valence-electron chi connectivity index (χ4n) is 0.825. The fourth-order valence-corrected chi connectivity index (χ4v) is 2.02. The smallest absolute Gasteiger partial charge is 0.182 e. The molecule has 0 aliphatic rings. The highest BCUT2D eigenvalue weighted by Crippen LogP contribution is 2.10. The summed E-state index contributed by atoms with van der Waals surface area (Å²) in [7, 11) is 0. The van der Waals surface area contributed by atoms with Crippen LogP contribution in [0, 0.1) is 0 Å². The lowest BCUT2D eigenvalue weighted by atomic mass is 10.5. The Hall–Kier alpha value is -0.220. The van der Waals surface area contributed by atoms with Crippen LogP contribution in [0.25, 0.3) is 0 Å². The average Bonchev–Trinajstić information content (AvgIpc) is 2.57. The van der Waals surface area contributed by atoms with Crippen LogP contribution in [-0.4, -0.2) is 23.0 Å². The van der Waals surface area contributed by atoms with E-state index in [1.807, 2.05) is 23.3 Å². The minimum absolute atomic E-state index is 1.04. The van der Waals surface area contributed by atoms with Gasteiger partial charge in [-0.1, -0.05) is 6.92 Å². The van der Waals surface area contributed by atoms with Crippen LogP contribution in [0.2, 0.25) is 0 Å². The predicted octanol–water partition coefficient (Wildman–Crippen LogP) is 2.70. The van der Waals surface area contributed by atoms with Gasteiger partial charge in [-0.05, 0) is 17.9 Å². The lowest BCUT2D eigenvalue weighted by molar-refractivity contribution is 0.988. The van der Waals surface area contributed by atoms with Gasteiger partial charge in [0.15, 0.2) is 5.13 Å². The molecule has 0 bridgehead atoms. The lowest BCUT2D eigenvalue weighted by Gasteiger charge is -2.00. The van der Waals surface area contributed by atoms with Crippen molar-refractivity contribution in [2.45, 2.75) is 13.3 Å². The lowest BCUT2D eigenvalue weighted by Crippen LogP contribution is -2.01. The molecule has 2 nitrogen and oxygen atoms in total. The van der Waals surface area contributed by atoms with E-state index in [9.17, 15) is 0 Å². The van der Waals surface area contributed by atoms with Crippen molar-refractivity contribution in [1.29, 1.82) is 0 Å². The molecular weight excluding hydrogens is 188 g/mol. The molecule has 68 valence electrons. The molecule has 0 aliphatic carbocycles. The van der Waals surface area contributed by atoms with Crippen molar-refractivity contribution >= 4 is 28.2 Å². The summed E-state index contributed by atoms with van der Waals surface area (Å²) in [6.07, 6.45) is 3.05. The molecule has 1 heterocycles. The largest absolute Gasteiger partial charge is 0.361 e. The van der Waals surface area contributed by atoms with Gasteiger partial charge in [0.2, 0.25) is 0 Å². The van der Waals surface area contributed by atoms with Gasteiger partial charge in [0.25, 0.3) is 0 Å². The Balaban J connectivity index is 1.96. The van der Waals surface area contributed by atoms with Gasteiger partial charge in [0.1, 0.15) is 0 Å². The second-order valence-electron chi connectivity index (χ2n) is 2.31. The van der Waals surface area contributed by atoms with Crippen LogP contribution in [0.3, 0.4) is 0 Å². The number of nitrogens with zero attached hydrogens (tertiary/aromatic N) is 1. The van der Waals surface area contributed by atoms with Crippen molar-refractivity contribution in [3.63, 3.8) is 0 Å². The third-order valence-electron chi connectivity index (χ3n) is 1.38. The van der Waals surface area contributed by atoms with Crippen LogP contribution in [-0.2, 0) is 0 Å². The summed E-state index contributed by atoms with van der Waals surface area (Å²) in [5.74, 6) is 2.46. The number of aromatic nitrogens is 1. The van der Waals surface area contributed by atoms with Gasteiger partial charge in [0, 0.05) is 18.1 Å². The van der Waals surface area contributed by atoms with E-state index < -0.39 is 0 Å². The number of hydrogen-bond acceptors (Lipinski definition) is 4. The van der Waals surface area contributed by atoms with Gasteiger partial charge in [-0.3, -0.25) is 0 Å². The first-order chi connectivity index (χ1) is 5.93. The van der Waals surface area contributed by atoms with Gasteiger partial charge in [-0.2, -0.15) is 11.8 Å². The monoisotopic (exact) mass is 202 g/mol. The van der Waals surface area contributed by atoms with E-state index in [-0.39, 0.29) is 0 Å². The zero-order valence-corrected chi connectivity index (χ0v) is 8.88. The summed E-state index contributed by atoms with van der Waals surface area (Å²) in [4.78, 5) is 4.13. The van der Waals surface area contributed by atoms with Crippen LogP contribution >= 0.6 is 23.1 Å². The molecule has 0 saturated carbocycles. The number of nitrogens with one attached hydrogen (secondary N) is 1. The molecule has 0 radical (unpaired) electrons. The van der Waals surface area contributed by atoms with E-state index in [1.54, 1.807) is 11.3 Å². The maximum Gasteiger partial charge on any atom is 0.182 e. The molecule has 4 heteroatoms. The van der Waals surface area contributed by atoms with Gasteiger partial charge >= 0.3 is 0 Å². The van der Waals surface area contributed by atoms with Crippen molar-refractivity contribution < 1.29 is 0 Å². The highest BCUT2D eigenvalue weighted by Gasteiger charge is 1.92. The Kier molecular flexibility index (Phi) is 5.19. The van der Waals surface area contributed by atoms with Gasteiger partial charge in [0.05, 0.1) is 0 Å². The van der Waals surface area contributed by atoms with E-state index in [2.05, 4.69) is 17.2 Å². The van der Waals surface area contributed by atoms with Crippen LogP contribution in [0.15, 0.2) is 11.6 Å². The molecule has 0 saturated heterocycles. The predicted molar refractivity (Wildman–Crippen MR) is 58.2 cm³/mol. The number of thiazole rings is 1. The Morgan fingerprint density at radius 3 is 3.25 bits per heavy atom. The summed E-state index contributed by atoms with van der Waals surface area (Å²) in [6, 6.07) is 0. The molecule has 0 atom stereocenters. The van der Waals surface area contributed by atoms with E-state index in [1.165, 1.54) is 17.9 Å². The van der Waals surface area contributed by atoms with Gasteiger partial charge in [-0.25, -0.2) is 4.98 Å². The Bertz CT molecular complexity index is 187. The molecule has 1 aromatic rings. The first-order valence-electron chi connectivity index (χ1n) is 4.14. The molecule has 1 aromatic heterocycles. The summed E-state index contributed by atoms with van der Waals surface area (Å²) < 4.78 is 0. The summed E-state index contributed by atoms with van der Waals surface area (Å²) in [5, 5.41) is 6.31. The minimum Gasteiger partial charge on any atom is -0.361 e. The van der Waals surface area contributed by atoms with Crippen LogP contribution < -0.4 is 5.32 Å². The summed E-state index contributed by atoms with van der Waals surface area (Å²) in [6.45, 7) is 3.24. The molecule has 1 rings (SSSR count). The summed E-state index contributed by atoms with van der Waals surface area (Å²) >= 11 is 3.65. The highest BCUT2D eigenvalue weighted by atomic mass is 32.2. The topological polar surface area (TPSA) is 24.9 Å². The van der Waals surface area contributed by atoms with Crippen molar-refractivity contribution in [3.05, 3.63) is 11.6 Å². The second kappa shape index (κ2) is 6.31. The third-order valence-corrected chi connectivity index (χ3v) is 3.09. The number of thioether (sulfide) groups is 1. The molecular formula is C8H14N2S2. The highest BCUT2D eigenvalue weighted by molar-refractivity contribution is 7.99. The van der Waals surface area contributed by atoms with E-state index in [0.29, 0.717) is 0 Å². The average molecular weight is 202 g/mol. The number of rotatable bonds is 6. The van der Waals surface area contributed by atoms with E-state index in [0.717, 1.165) is 11.7 Å². The van der Waals surface area contributed by atoms with E-state index >= 15 is 0 Å². The first-order valence-corrected chi connectivity index (χ1v) is 6.18. The molecule has 0 unspecified atom stereocenters. The molecule has 0 spiro atoms. The van der Waals surface area contributed by atoms with Crippen molar-refractivity contribution in [2.24, 2.45) is 0 Å². The minimum atomic E-state index is 1.04.